The molecule has 156 valence electrons. The second-order valence-corrected chi connectivity index (χ2v) is 8.19. The summed E-state index contributed by atoms with van der Waals surface area (Å²) in [5.41, 5.74) is 1.58. The van der Waals surface area contributed by atoms with Crippen LogP contribution >= 0.6 is 23.6 Å². The van der Waals surface area contributed by atoms with Crippen molar-refractivity contribution in [2.75, 3.05) is 0 Å². The minimum Gasteiger partial charge on any atom is -0.493 e. The molecule has 0 bridgehead atoms. The van der Waals surface area contributed by atoms with E-state index in [-0.39, 0.29) is 18.0 Å². The molecule has 0 atom stereocenters. The van der Waals surface area contributed by atoms with Crippen LogP contribution in [0.25, 0.3) is 6.08 Å². The third-order valence-corrected chi connectivity index (χ3v) is 5.80. The van der Waals surface area contributed by atoms with Crippen molar-refractivity contribution in [2.45, 2.75) is 32.2 Å². The van der Waals surface area contributed by atoms with Gasteiger partial charge in [0.05, 0.1) is 16.0 Å². The van der Waals surface area contributed by atoms with Crippen LogP contribution in [0, 0.1) is 14.1 Å². The summed E-state index contributed by atoms with van der Waals surface area (Å²) < 4.78 is 2.12. The van der Waals surface area contributed by atoms with Crippen LogP contribution in [0.3, 0.4) is 0 Å². The molecule has 0 spiro atoms. The summed E-state index contributed by atoms with van der Waals surface area (Å²) in [4.78, 5) is 21.7. The van der Waals surface area contributed by atoms with Gasteiger partial charge in [-0.05, 0) is 31.1 Å². The van der Waals surface area contributed by atoms with Gasteiger partial charge in [0.25, 0.3) is 5.69 Å². The Bertz CT molecular complexity index is 1130. The van der Waals surface area contributed by atoms with E-state index in [0.29, 0.717) is 45.1 Å². The molecule has 0 radical (unpaired) electrons. The highest BCUT2D eigenvalue weighted by Gasteiger charge is 2.18. The molecule has 2 N–H and O–H groups in total. The molecule has 30 heavy (non-hydrogen) atoms. The standard InChI is InChI=1S/C19H18N4O5S2/c24-16(25)7-2-1-3-8-22-18(26)15(30-19(22)29)10-13-11-20-21-17(13)12-5-4-6-14(9-12)23(27)28/h4-6,9-11,26H,1-3,7-8H2,(H,24,25)/b13-10+. The Hall–Kier alpha value is -3.18. The first-order valence-corrected chi connectivity index (χ1v) is 10.3. The number of benzene rings is 1. The lowest BCUT2D eigenvalue weighted by molar-refractivity contribution is -0.384. The number of rotatable bonds is 9. The number of thiazole rings is 1. The van der Waals surface area contributed by atoms with E-state index < -0.39 is 10.9 Å². The predicted molar refractivity (Wildman–Crippen MR) is 117 cm³/mol. The van der Waals surface area contributed by atoms with Gasteiger partial charge in [-0.2, -0.15) is 5.10 Å². The van der Waals surface area contributed by atoms with Gasteiger partial charge in [0.2, 0.25) is 5.88 Å². The van der Waals surface area contributed by atoms with Crippen LogP contribution in [-0.4, -0.2) is 37.6 Å². The number of nitro groups is 1. The van der Waals surface area contributed by atoms with Gasteiger partial charge in [-0.3, -0.25) is 19.5 Å². The van der Waals surface area contributed by atoms with Gasteiger partial charge in [-0.1, -0.05) is 18.6 Å². The monoisotopic (exact) mass is 446 g/mol. The molecule has 3 rings (SSSR count). The first-order chi connectivity index (χ1) is 14.4. The molecule has 9 nitrogen and oxygen atoms in total. The van der Waals surface area contributed by atoms with Crippen molar-refractivity contribution in [3.8, 4) is 5.88 Å². The molecular weight excluding hydrogens is 428 g/mol. The molecule has 2 heterocycles. The van der Waals surface area contributed by atoms with Gasteiger partial charge in [0.1, 0.15) is 5.71 Å². The predicted octanol–water partition coefficient (Wildman–Crippen LogP) is 4.41. The van der Waals surface area contributed by atoms with Gasteiger partial charge in [0.15, 0.2) is 3.95 Å². The number of carboxylic acid groups (broad SMARTS) is 1. The molecule has 0 amide bonds. The van der Waals surface area contributed by atoms with Crippen molar-refractivity contribution in [1.29, 1.82) is 0 Å². The molecule has 0 saturated carbocycles. The molecule has 1 aromatic carbocycles. The van der Waals surface area contributed by atoms with E-state index in [9.17, 15) is 20.0 Å². The number of hydrogen-bond donors (Lipinski definition) is 2. The Labute approximate surface area is 180 Å². The first-order valence-electron chi connectivity index (χ1n) is 9.09. The number of aliphatic carboxylic acids is 1. The Balaban J connectivity index is 1.78. The van der Waals surface area contributed by atoms with Gasteiger partial charge in [-0.25, -0.2) is 0 Å². The van der Waals surface area contributed by atoms with Gasteiger partial charge in [0, 0.05) is 36.2 Å². The van der Waals surface area contributed by atoms with E-state index >= 15 is 0 Å². The minimum atomic E-state index is -0.821. The van der Waals surface area contributed by atoms with Crippen LogP contribution in [0.2, 0.25) is 0 Å². The average Bonchev–Trinajstić information content (AvgIpc) is 3.27. The molecular formula is C19H18N4O5S2. The van der Waals surface area contributed by atoms with Gasteiger partial charge >= 0.3 is 5.97 Å². The topological polar surface area (TPSA) is 130 Å². The van der Waals surface area contributed by atoms with E-state index in [1.165, 1.54) is 29.7 Å². The van der Waals surface area contributed by atoms with E-state index in [0.717, 1.165) is 6.42 Å². The van der Waals surface area contributed by atoms with Crippen molar-refractivity contribution in [3.05, 3.63) is 54.3 Å². The van der Waals surface area contributed by atoms with Gasteiger partial charge < -0.3 is 10.2 Å². The Morgan fingerprint density at radius 3 is 2.87 bits per heavy atom. The van der Waals surface area contributed by atoms with Crippen molar-refractivity contribution in [1.82, 2.24) is 4.57 Å². The average molecular weight is 447 g/mol. The molecule has 0 unspecified atom stereocenters. The lowest BCUT2D eigenvalue weighted by atomic mass is 10.0. The summed E-state index contributed by atoms with van der Waals surface area (Å²) in [5, 5.41) is 38.3. The molecule has 1 aliphatic heterocycles. The van der Waals surface area contributed by atoms with Crippen LogP contribution in [0.15, 0.2) is 40.0 Å². The number of aromatic nitrogens is 1. The number of hydrogen-bond acceptors (Lipinski definition) is 8. The zero-order valence-electron chi connectivity index (χ0n) is 15.7. The molecule has 0 aliphatic carbocycles. The fourth-order valence-electron chi connectivity index (χ4n) is 2.93. The van der Waals surface area contributed by atoms with Crippen molar-refractivity contribution < 1.29 is 19.9 Å². The smallest absolute Gasteiger partial charge is 0.303 e. The summed E-state index contributed by atoms with van der Waals surface area (Å²) in [6.07, 6.45) is 5.33. The minimum absolute atomic E-state index is 0.0226. The maximum atomic E-state index is 11.0. The summed E-state index contributed by atoms with van der Waals surface area (Å²) >= 11 is 6.58. The normalized spacial score (nSPS) is 14.3. The van der Waals surface area contributed by atoms with E-state index in [1.54, 1.807) is 22.8 Å². The third kappa shape index (κ3) is 5.05. The van der Waals surface area contributed by atoms with Crippen LogP contribution < -0.4 is 0 Å². The number of carboxylic acids is 1. The second-order valence-electron chi connectivity index (χ2n) is 6.51. The molecule has 1 aromatic heterocycles. The molecule has 1 aliphatic rings. The summed E-state index contributed by atoms with van der Waals surface area (Å²) in [6.45, 7) is 0.490. The van der Waals surface area contributed by atoms with Crippen LogP contribution in [0.4, 0.5) is 5.69 Å². The molecule has 11 heteroatoms. The molecule has 0 fully saturated rings. The number of unbranched alkanes of at least 4 members (excludes halogenated alkanes) is 2. The molecule has 2 aromatic rings. The number of non-ortho nitro benzene ring substituents is 1. The maximum absolute atomic E-state index is 11.0. The van der Waals surface area contributed by atoms with Crippen LogP contribution in [-0.2, 0) is 11.3 Å². The lowest BCUT2D eigenvalue weighted by Gasteiger charge is -2.05. The quantitative estimate of drug-likeness (QED) is 0.254. The zero-order valence-corrected chi connectivity index (χ0v) is 17.4. The number of allylic oxidation sites excluding steroid dienone is 1. The lowest BCUT2D eigenvalue weighted by Crippen LogP contribution is -2.03. The highest BCUT2D eigenvalue weighted by atomic mass is 32.1. The summed E-state index contributed by atoms with van der Waals surface area (Å²) in [6, 6.07) is 6.11. The Morgan fingerprint density at radius 1 is 1.33 bits per heavy atom. The van der Waals surface area contributed by atoms with Gasteiger partial charge in [-0.15, -0.1) is 16.4 Å². The SMILES string of the molecule is O=C(O)CCCCCn1c(O)c(/C=C2\C=NN=C2c2cccc([N+](=O)[O-])c2)sc1=S. The summed E-state index contributed by atoms with van der Waals surface area (Å²) in [7, 11) is 0. The maximum Gasteiger partial charge on any atom is 0.303 e. The fraction of sp³-hybridized carbons (Fsp3) is 0.263. The van der Waals surface area contributed by atoms with E-state index in [4.69, 9.17) is 17.3 Å². The third-order valence-electron chi connectivity index (χ3n) is 4.41. The molecule has 0 saturated heterocycles. The first kappa shape index (κ1) is 21.5. The number of nitro benzene ring substituents is 1. The van der Waals surface area contributed by atoms with E-state index in [1.807, 2.05) is 0 Å². The zero-order chi connectivity index (χ0) is 21.7. The highest BCUT2D eigenvalue weighted by Crippen LogP contribution is 2.30. The van der Waals surface area contributed by atoms with Crippen molar-refractivity contribution in [2.24, 2.45) is 10.2 Å². The Morgan fingerprint density at radius 2 is 2.13 bits per heavy atom. The number of carbonyl (C=O) groups is 1. The fourth-order valence-corrected chi connectivity index (χ4v) is 4.24. The highest BCUT2D eigenvalue weighted by molar-refractivity contribution is 7.73. The number of nitrogens with zero attached hydrogens (tertiary/aromatic N) is 4. The second kappa shape index (κ2) is 9.55. The summed E-state index contributed by atoms with van der Waals surface area (Å²) in [5.74, 6) is -0.798. The van der Waals surface area contributed by atoms with Crippen LogP contribution in [0.1, 0.15) is 36.1 Å². The number of aromatic hydroxyl groups is 1. The van der Waals surface area contributed by atoms with Crippen LogP contribution in [0.5, 0.6) is 5.88 Å². The Kier molecular flexibility index (Phi) is 6.85. The van der Waals surface area contributed by atoms with Crippen molar-refractivity contribution >= 4 is 53.2 Å². The largest absolute Gasteiger partial charge is 0.493 e. The van der Waals surface area contributed by atoms with Crippen molar-refractivity contribution in [3.63, 3.8) is 0 Å². The van der Waals surface area contributed by atoms with E-state index in [2.05, 4.69) is 10.2 Å².